The Morgan fingerprint density at radius 1 is 1.25 bits per heavy atom. The summed E-state index contributed by atoms with van der Waals surface area (Å²) >= 11 is 1.68. The van der Waals surface area contributed by atoms with Crippen LogP contribution in [0.3, 0.4) is 0 Å². The normalized spacial score (nSPS) is 10.9. The summed E-state index contributed by atoms with van der Waals surface area (Å²) in [5.41, 5.74) is 5.47. The number of nitrogens with one attached hydrogen (secondary N) is 1. The third-order valence-corrected chi connectivity index (χ3v) is 4.32. The smallest absolute Gasteiger partial charge is 0.267 e. The molecule has 0 aliphatic carbocycles. The first-order valence-corrected chi connectivity index (χ1v) is 7.41. The highest BCUT2D eigenvalue weighted by Crippen LogP contribution is 2.14. The molecule has 0 aliphatic rings. The first-order chi connectivity index (χ1) is 9.60. The van der Waals surface area contributed by atoms with Crippen LogP contribution >= 0.6 is 11.3 Å². The molecule has 0 saturated carbocycles. The number of hydrazone groups is 1. The number of amides is 1. The molecular weight excluding hydrogens is 268 g/mol. The van der Waals surface area contributed by atoms with Gasteiger partial charge in [0.05, 0.1) is 6.21 Å². The standard InChI is InChI=1S/C16H18N2OS/c1-4-14-7-8-15(20-14)10-17-18-16(19)13-6-5-11(2)12(3)9-13/h5-10H,4H2,1-3H3,(H,18,19). The largest absolute Gasteiger partial charge is 0.271 e. The number of benzene rings is 1. The maximum Gasteiger partial charge on any atom is 0.271 e. The minimum absolute atomic E-state index is 0.184. The molecule has 1 heterocycles. The minimum Gasteiger partial charge on any atom is -0.267 e. The van der Waals surface area contributed by atoms with E-state index in [9.17, 15) is 4.79 Å². The molecule has 2 rings (SSSR count). The quantitative estimate of drug-likeness (QED) is 0.676. The molecule has 0 spiro atoms. The van der Waals surface area contributed by atoms with Crippen LogP contribution in [0, 0.1) is 13.8 Å². The second kappa shape index (κ2) is 6.48. The Morgan fingerprint density at radius 3 is 2.70 bits per heavy atom. The molecule has 0 radical (unpaired) electrons. The summed E-state index contributed by atoms with van der Waals surface area (Å²) in [6.07, 6.45) is 2.70. The molecule has 1 aromatic carbocycles. The Kier molecular flexibility index (Phi) is 4.69. The van der Waals surface area contributed by atoms with Crippen molar-refractivity contribution in [3.63, 3.8) is 0 Å². The number of hydrogen-bond acceptors (Lipinski definition) is 3. The van der Waals surface area contributed by atoms with Crippen molar-refractivity contribution in [1.82, 2.24) is 5.43 Å². The Hall–Kier alpha value is -1.94. The van der Waals surface area contributed by atoms with Gasteiger partial charge in [0.15, 0.2) is 0 Å². The van der Waals surface area contributed by atoms with Gasteiger partial charge in [0, 0.05) is 15.3 Å². The maximum absolute atomic E-state index is 11.9. The summed E-state index contributed by atoms with van der Waals surface area (Å²) < 4.78 is 0. The van der Waals surface area contributed by atoms with E-state index >= 15 is 0 Å². The van der Waals surface area contributed by atoms with Gasteiger partial charge in [-0.2, -0.15) is 5.10 Å². The van der Waals surface area contributed by atoms with Gasteiger partial charge in [0.1, 0.15) is 0 Å². The molecule has 1 N–H and O–H groups in total. The first kappa shape index (κ1) is 14.5. The lowest BCUT2D eigenvalue weighted by molar-refractivity contribution is 0.0955. The fourth-order valence-electron chi connectivity index (χ4n) is 1.76. The Balaban J connectivity index is 1.99. The van der Waals surface area contributed by atoms with Crippen LogP contribution in [0.5, 0.6) is 0 Å². The fraction of sp³-hybridized carbons (Fsp3) is 0.250. The Labute approximate surface area is 123 Å². The topological polar surface area (TPSA) is 41.5 Å². The molecule has 4 heteroatoms. The molecule has 0 aliphatic heterocycles. The number of nitrogens with zero attached hydrogens (tertiary/aromatic N) is 1. The highest BCUT2D eigenvalue weighted by molar-refractivity contribution is 7.13. The van der Waals surface area contributed by atoms with E-state index in [1.54, 1.807) is 17.6 Å². The number of carbonyl (C=O) groups is 1. The molecule has 104 valence electrons. The van der Waals surface area contributed by atoms with Crippen molar-refractivity contribution >= 4 is 23.5 Å². The number of aryl methyl sites for hydroxylation is 3. The summed E-state index contributed by atoms with van der Waals surface area (Å²) in [5, 5.41) is 4.00. The summed E-state index contributed by atoms with van der Waals surface area (Å²) in [5.74, 6) is -0.184. The van der Waals surface area contributed by atoms with Crippen molar-refractivity contribution in [2.45, 2.75) is 27.2 Å². The van der Waals surface area contributed by atoms with Gasteiger partial charge in [0.25, 0.3) is 5.91 Å². The molecule has 0 unspecified atom stereocenters. The number of hydrogen-bond donors (Lipinski definition) is 1. The van der Waals surface area contributed by atoms with E-state index in [1.165, 1.54) is 10.4 Å². The molecule has 0 saturated heterocycles. The molecule has 20 heavy (non-hydrogen) atoms. The van der Waals surface area contributed by atoms with Crippen molar-refractivity contribution in [1.29, 1.82) is 0 Å². The van der Waals surface area contributed by atoms with Crippen LogP contribution in [0.4, 0.5) is 0 Å². The van der Waals surface area contributed by atoms with Crippen LogP contribution in [0.2, 0.25) is 0 Å². The molecule has 1 amide bonds. The average Bonchev–Trinajstić information content (AvgIpc) is 2.89. The van der Waals surface area contributed by atoms with Crippen LogP contribution in [-0.2, 0) is 6.42 Å². The summed E-state index contributed by atoms with van der Waals surface area (Å²) in [4.78, 5) is 14.3. The predicted molar refractivity (Wildman–Crippen MR) is 84.7 cm³/mol. The van der Waals surface area contributed by atoms with E-state index in [4.69, 9.17) is 0 Å². The number of carbonyl (C=O) groups excluding carboxylic acids is 1. The van der Waals surface area contributed by atoms with E-state index in [0.29, 0.717) is 5.56 Å². The van der Waals surface area contributed by atoms with Crippen LogP contribution < -0.4 is 5.43 Å². The van der Waals surface area contributed by atoms with Crippen molar-refractivity contribution in [2.24, 2.45) is 5.10 Å². The van der Waals surface area contributed by atoms with Gasteiger partial charge in [-0.05, 0) is 55.7 Å². The Bertz CT molecular complexity index is 644. The number of thiophene rings is 1. The fourth-order valence-corrected chi connectivity index (χ4v) is 2.58. The lowest BCUT2D eigenvalue weighted by Gasteiger charge is -2.03. The second-order valence-corrected chi connectivity index (χ2v) is 5.86. The van der Waals surface area contributed by atoms with Crippen LogP contribution in [0.25, 0.3) is 0 Å². The van der Waals surface area contributed by atoms with E-state index in [0.717, 1.165) is 16.9 Å². The molecule has 0 fully saturated rings. The van der Waals surface area contributed by atoms with Crippen molar-refractivity contribution in [2.75, 3.05) is 0 Å². The van der Waals surface area contributed by atoms with Crippen LogP contribution in [-0.4, -0.2) is 12.1 Å². The molecule has 0 atom stereocenters. The lowest BCUT2D eigenvalue weighted by atomic mass is 10.1. The van der Waals surface area contributed by atoms with E-state index in [2.05, 4.69) is 23.5 Å². The van der Waals surface area contributed by atoms with Crippen molar-refractivity contribution in [3.8, 4) is 0 Å². The van der Waals surface area contributed by atoms with Crippen molar-refractivity contribution < 1.29 is 4.79 Å². The van der Waals surface area contributed by atoms with Gasteiger partial charge >= 0.3 is 0 Å². The summed E-state index contributed by atoms with van der Waals surface area (Å²) in [6.45, 7) is 6.14. The molecule has 3 nitrogen and oxygen atoms in total. The van der Waals surface area contributed by atoms with Gasteiger partial charge in [-0.1, -0.05) is 13.0 Å². The van der Waals surface area contributed by atoms with Gasteiger partial charge in [-0.15, -0.1) is 11.3 Å². The summed E-state index contributed by atoms with van der Waals surface area (Å²) in [7, 11) is 0. The maximum atomic E-state index is 11.9. The van der Waals surface area contributed by atoms with Gasteiger partial charge < -0.3 is 0 Å². The Morgan fingerprint density at radius 2 is 2.05 bits per heavy atom. The molecular formula is C16H18N2OS. The van der Waals surface area contributed by atoms with Gasteiger partial charge in [0.2, 0.25) is 0 Å². The average molecular weight is 286 g/mol. The zero-order valence-corrected chi connectivity index (χ0v) is 12.8. The second-order valence-electron chi connectivity index (χ2n) is 4.66. The van der Waals surface area contributed by atoms with Crippen LogP contribution in [0.1, 0.15) is 38.2 Å². The van der Waals surface area contributed by atoms with Gasteiger partial charge in [-0.25, -0.2) is 5.43 Å². The first-order valence-electron chi connectivity index (χ1n) is 6.59. The van der Waals surface area contributed by atoms with Gasteiger partial charge in [-0.3, -0.25) is 4.79 Å². The van der Waals surface area contributed by atoms with Crippen molar-refractivity contribution in [3.05, 3.63) is 56.8 Å². The third-order valence-electron chi connectivity index (χ3n) is 3.16. The SMILES string of the molecule is CCc1ccc(C=NNC(=O)c2ccc(C)c(C)c2)s1. The zero-order chi connectivity index (χ0) is 14.5. The highest BCUT2D eigenvalue weighted by Gasteiger charge is 2.05. The summed E-state index contributed by atoms with van der Waals surface area (Å²) in [6, 6.07) is 9.72. The van der Waals surface area contributed by atoms with E-state index in [1.807, 2.05) is 38.1 Å². The highest BCUT2D eigenvalue weighted by atomic mass is 32.1. The molecule has 2 aromatic rings. The number of rotatable bonds is 4. The lowest BCUT2D eigenvalue weighted by Crippen LogP contribution is -2.17. The minimum atomic E-state index is -0.184. The predicted octanol–water partition coefficient (Wildman–Crippen LogP) is 3.69. The monoisotopic (exact) mass is 286 g/mol. The van der Waals surface area contributed by atoms with E-state index in [-0.39, 0.29) is 5.91 Å². The molecule has 1 aromatic heterocycles. The molecule has 0 bridgehead atoms. The van der Waals surface area contributed by atoms with E-state index < -0.39 is 0 Å². The third kappa shape index (κ3) is 3.54. The zero-order valence-electron chi connectivity index (χ0n) is 11.9. The van der Waals surface area contributed by atoms with Crippen LogP contribution in [0.15, 0.2) is 35.4 Å².